The van der Waals surface area contributed by atoms with Crippen molar-refractivity contribution in [3.63, 3.8) is 0 Å². The van der Waals surface area contributed by atoms with Crippen LogP contribution in [0.15, 0.2) is 49.0 Å². The van der Waals surface area contributed by atoms with Gasteiger partial charge in [-0.1, -0.05) is 24.8 Å². The molecule has 0 saturated carbocycles. The van der Waals surface area contributed by atoms with Crippen LogP contribution in [0.25, 0.3) is 6.08 Å². The Morgan fingerprint density at radius 2 is 1.91 bits per heavy atom. The van der Waals surface area contributed by atoms with Crippen LogP contribution in [-0.2, 0) is 6.18 Å². The zero-order valence-electron chi connectivity index (χ0n) is 11.9. The first-order valence-corrected chi connectivity index (χ1v) is 6.53. The van der Waals surface area contributed by atoms with E-state index in [1.165, 1.54) is 12.1 Å². The van der Waals surface area contributed by atoms with Gasteiger partial charge in [0.15, 0.2) is 0 Å². The van der Waals surface area contributed by atoms with Crippen LogP contribution in [0.2, 0.25) is 0 Å². The molecule has 0 aliphatic heterocycles. The van der Waals surface area contributed by atoms with Crippen molar-refractivity contribution in [2.24, 2.45) is 0 Å². The van der Waals surface area contributed by atoms with Crippen molar-refractivity contribution in [1.29, 1.82) is 0 Å². The lowest BCUT2D eigenvalue weighted by atomic mass is 10.0. The molecule has 0 unspecified atom stereocenters. The first-order chi connectivity index (χ1) is 10.3. The minimum absolute atomic E-state index is 0.0977. The fourth-order valence-electron chi connectivity index (χ4n) is 1.98. The molecule has 2 rings (SSSR count). The van der Waals surface area contributed by atoms with Gasteiger partial charge in [-0.25, -0.2) is 0 Å². The van der Waals surface area contributed by atoms with Gasteiger partial charge in [-0.15, -0.1) is 0 Å². The first kappa shape index (κ1) is 15.8. The standard InChI is InChI=1S/C17H14F3NO/c1-3-12-9-13(8-7-11(12)2)16(22)21-15-6-4-5-14(10-15)17(18,19)20/h3-10H,1H2,2H3,(H,21,22). The van der Waals surface area contributed by atoms with Crippen molar-refractivity contribution in [1.82, 2.24) is 0 Å². The van der Waals surface area contributed by atoms with Crippen molar-refractivity contribution >= 4 is 17.7 Å². The van der Waals surface area contributed by atoms with Gasteiger partial charge in [0.05, 0.1) is 5.56 Å². The number of halogens is 3. The fraction of sp³-hybridized carbons (Fsp3) is 0.118. The molecule has 0 saturated heterocycles. The number of carbonyl (C=O) groups excluding carboxylic acids is 1. The average molecular weight is 305 g/mol. The minimum Gasteiger partial charge on any atom is -0.322 e. The molecule has 2 nitrogen and oxygen atoms in total. The molecule has 0 spiro atoms. The minimum atomic E-state index is -4.44. The third-order valence-electron chi connectivity index (χ3n) is 3.21. The fourth-order valence-corrected chi connectivity index (χ4v) is 1.98. The summed E-state index contributed by atoms with van der Waals surface area (Å²) in [5.41, 5.74) is 1.42. The van der Waals surface area contributed by atoms with E-state index in [4.69, 9.17) is 0 Å². The van der Waals surface area contributed by atoms with Crippen LogP contribution in [0.1, 0.15) is 27.0 Å². The molecule has 0 aliphatic carbocycles. The Morgan fingerprint density at radius 3 is 2.55 bits per heavy atom. The second-order valence-electron chi connectivity index (χ2n) is 4.81. The molecular formula is C17H14F3NO. The number of aryl methyl sites for hydroxylation is 1. The Labute approximate surface area is 126 Å². The van der Waals surface area contributed by atoms with Crippen LogP contribution in [0.3, 0.4) is 0 Å². The zero-order chi connectivity index (χ0) is 16.3. The van der Waals surface area contributed by atoms with Gasteiger partial charge in [0.2, 0.25) is 0 Å². The van der Waals surface area contributed by atoms with Gasteiger partial charge in [0, 0.05) is 11.3 Å². The quantitative estimate of drug-likeness (QED) is 0.857. The maximum absolute atomic E-state index is 12.6. The van der Waals surface area contributed by atoms with E-state index in [9.17, 15) is 18.0 Å². The van der Waals surface area contributed by atoms with E-state index in [0.717, 1.165) is 23.3 Å². The molecule has 22 heavy (non-hydrogen) atoms. The van der Waals surface area contributed by atoms with Gasteiger partial charge < -0.3 is 5.32 Å². The molecule has 114 valence electrons. The Hall–Kier alpha value is -2.56. The Bertz CT molecular complexity index is 720. The lowest BCUT2D eigenvalue weighted by molar-refractivity contribution is -0.137. The van der Waals surface area contributed by atoms with Gasteiger partial charge in [0.25, 0.3) is 5.91 Å². The number of amides is 1. The van der Waals surface area contributed by atoms with Crippen LogP contribution < -0.4 is 5.32 Å². The van der Waals surface area contributed by atoms with Gasteiger partial charge >= 0.3 is 6.18 Å². The van der Waals surface area contributed by atoms with Crippen molar-refractivity contribution < 1.29 is 18.0 Å². The van der Waals surface area contributed by atoms with Crippen molar-refractivity contribution in [2.75, 3.05) is 5.32 Å². The van der Waals surface area contributed by atoms with Crippen molar-refractivity contribution in [2.45, 2.75) is 13.1 Å². The summed E-state index contributed by atoms with van der Waals surface area (Å²) in [6.07, 6.45) is -2.82. The summed E-state index contributed by atoms with van der Waals surface area (Å²) in [6, 6.07) is 9.55. The summed E-state index contributed by atoms with van der Waals surface area (Å²) in [6.45, 7) is 5.54. The van der Waals surface area contributed by atoms with Crippen LogP contribution >= 0.6 is 0 Å². The molecule has 2 aromatic carbocycles. The number of hydrogen-bond donors (Lipinski definition) is 1. The number of nitrogens with one attached hydrogen (secondary N) is 1. The lowest BCUT2D eigenvalue weighted by Crippen LogP contribution is -2.13. The molecular weight excluding hydrogens is 291 g/mol. The largest absolute Gasteiger partial charge is 0.416 e. The second kappa shape index (κ2) is 6.05. The topological polar surface area (TPSA) is 29.1 Å². The third-order valence-corrected chi connectivity index (χ3v) is 3.21. The highest BCUT2D eigenvalue weighted by molar-refractivity contribution is 6.04. The number of alkyl halides is 3. The summed E-state index contributed by atoms with van der Waals surface area (Å²) in [7, 11) is 0. The smallest absolute Gasteiger partial charge is 0.322 e. The van der Waals surface area contributed by atoms with E-state index in [1.807, 2.05) is 6.92 Å². The Morgan fingerprint density at radius 1 is 1.18 bits per heavy atom. The molecule has 0 radical (unpaired) electrons. The third kappa shape index (κ3) is 3.55. The number of carbonyl (C=O) groups is 1. The molecule has 1 N–H and O–H groups in total. The highest BCUT2D eigenvalue weighted by Crippen LogP contribution is 2.30. The van der Waals surface area contributed by atoms with E-state index >= 15 is 0 Å². The maximum atomic E-state index is 12.6. The van der Waals surface area contributed by atoms with Crippen LogP contribution in [0, 0.1) is 6.92 Å². The molecule has 0 atom stereocenters. The number of anilines is 1. The first-order valence-electron chi connectivity index (χ1n) is 6.53. The van der Waals surface area contributed by atoms with Crippen LogP contribution in [0.4, 0.5) is 18.9 Å². The summed E-state index contributed by atoms with van der Waals surface area (Å²) < 4.78 is 37.9. The monoisotopic (exact) mass is 305 g/mol. The van der Waals surface area contributed by atoms with Crippen molar-refractivity contribution in [3.05, 3.63) is 71.3 Å². The molecule has 5 heteroatoms. The molecule has 0 bridgehead atoms. The van der Waals surface area contributed by atoms with E-state index in [0.29, 0.717) is 5.56 Å². The lowest BCUT2D eigenvalue weighted by Gasteiger charge is -2.10. The van der Waals surface area contributed by atoms with E-state index < -0.39 is 17.6 Å². The Balaban J connectivity index is 2.24. The van der Waals surface area contributed by atoms with Gasteiger partial charge in [-0.2, -0.15) is 13.2 Å². The van der Waals surface area contributed by atoms with E-state index in [2.05, 4.69) is 11.9 Å². The van der Waals surface area contributed by atoms with E-state index in [-0.39, 0.29) is 5.69 Å². The number of hydrogen-bond acceptors (Lipinski definition) is 1. The average Bonchev–Trinajstić information content (AvgIpc) is 2.47. The number of rotatable bonds is 3. The maximum Gasteiger partial charge on any atom is 0.416 e. The molecule has 0 fully saturated rings. The molecule has 0 heterocycles. The van der Waals surface area contributed by atoms with Gasteiger partial charge in [-0.3, -0.25) is 4.79 Å². The van der Waals surface area contributed by atoms with Crippen LogP contribution in [-0.4, -0.2) is 5.91 Å². The predicted molar refractivity (Wildman–Crippen MR) is 80.7 cm³/mol. The summed E-state index contributed by atoms with van der Waals surface area (Å²) in [5.74, 6) is -0.470. The summed E-state index contributed by atoms with van der Waals surface area (Å²) in [5, 5.41) is 2.47. The van der Waals surface area contributed by atoms with E-state index in [1.54, 1.807) is 24.3 Å². The van der Waals surface area contributed by atoms with Crippen LogP contribution in [0.5, 0.6) is 0 Å². The SMILES string of the molecule is C=Cc1cc(C(=O)Nc2cccc(C(F)(F)F)c2)ccc1C. The molecule has 0 aliphatic rings. The molecule has 2 aromatic rings. The van der Waals surface area contributed by atoms with Gasteiger partial charge in [-0.05, 0) is 48.4 Å². The summed E-state index contributed by atoms with van der Waals surface area (Å²) in [4.78, 5) is 12.1. The number of benzene rings is 2. The highest BCUT2D eigenvalue weighted by atomic mass is 19.4. The van der Waals surface area contributed by atoms with Gasteiger partial charge in [0.1, 0.15) is 0 Å². The predicted octanol–water partition coefficient (Wildman–Crippen LogP) is 4.91. The van der Waals surface area contributed by atoms with Crippen molar-refractivity contribution in [3.8, 4) is 0 Å². The second-order valence-corrected chi connectivity index (χ2v) is 4.81. The Kier molecular flexibility index (Phi) is 4.35. The molecule has 0 aromatic heterocycles. The molecule has 1 amide bonds. The highest BCUT2D eigenvalue weighted by Gasteiger charge is 2.30. The summed E-state index contributed by atoms with van der Waals surface area (Å²) >= 11 is 0. The zero-order valence-corrected chi connectivity index (χ0v) is 11.9. The normalized spacial score (nSPS) is 11.1.